The van der Waals surface area contributed by atoms with Crippen LogP contribution in [0.2, 0.25) is 5.15 Å². The first-order valence-corrected chi connectivity index (χ1v) is 9.41. The number of nitrogens with zero attached hydrogens (tertiary/aromatic N) is 3. The van der Waals surface area contributed by atoms with E-state index >= 15 is 0 Å². The molecule has 2 atom stereocenters. The summed E-state index contributed by atoms with van der Waals surface area (Å²) in [4.78, 5) is 12.9. The van der Waals surface area contributed by atoms with Crippen molar-refractivity contribution in [1.82, 2.24) is 15.0 Å². The van der Waals surface area contributed by atoms with Gasteiger partial charge in [0, 0.05) is 23.7 Å². The fourth-order valence-electron chi connectivity index (χ4n) is 3.83. The molecule has 1 fully saturated rings. The summed E-state index contributed by atoms with van der Waals surface area (Å²) in [6.45, 7) is 4.06. The van der Waals surface area contributed by atoms with Crippen LogP contribution in [-0.2, 0) is 0 Å². The van der Waals surface area contributed by atoms with Gasteiger partial charge < -0.3 is 20.6 Å². The second-order valence-electron chi connectivity index (χ2n) is 7.18. The van der Waals surface area contributed by atoms with Crippen molar-refractivity contribution in [3.8, 4) is 11.3 Å². The lowest BCUT2D eigenvalue weighted by molar-refractivity contribution is 0.229. The SMILES string of the molecule is Cc1cc2cc(-c3c(Cl)nc(N)nc3NC3CCC(CO)C3)oc2c(C)n1. The summed E-state index contributed by atoms with van der Waals surface area (Å²) in [6.07, 6.45) is 2.81. The Labute approximate surface area is 162 Å². The van der Waals surface area contributed by atoms with Crippen molar-refractivity contribution >= 4 is 34.3 Å². The van der Waals surface area contributed by atoms with E-state index in [1.54, 1.807) is 0 Å². The van der Waals surface area contributed by atoms with Gasteiger partial charge in [-0.1, -0.05) is 11.6 Å². The number of fused-ring (bicyclic) bond motifs is 1. The summed E-state index contributed by atoms with van der Waals surface area (Å²) in [5.41, 5.74) is 8.88. The number of pyridine rings is 1. The lowest BCUT2D eigenvalue weighted by atomic mass is 10.1. The molecule has 3 aromatic heterocycles. The number of nitrogens with one attached hydrogen (secondary N) is 1. The molecule has 1 aliphatic rings. The highest BCUT2D eigenvalue weighted by Crippen LogP contribution is 2.39. The number of aliphatic hydroxyl groups is 1. The summed E-state index contributed by atoms with van der Waals surface area (Å²) in [6, 6.07) is 4.09. The van der Waals surface area contributed by atoms with Crippen LogP contribution in [-0.4, -0.2) is 32.7 Å². The highest BCUT2D eigenvalue weighted by molar-refractivity contribution is 6.32. The molecular formula is C19H22ClN5O2. The van der Waals surface area contributed by atoms with Crippen molar-refractivity contribution in [3.05, 3.63) is 28.7 Å². The van der Waals surface area contributed by atoms with Gasteiger partial charge in [-0.3, -0.25) is 4.98 Å². The predicted octanol–water partition coefficient (Wildman–Crippen LogP) is 3.71. The van der Waals surface area contributed by atoms with Gasteiger partial charge in [-0.25, -0.2) is 4.98 Å². The van der Waals surface area contributed by atoms with Crippen LogP contribution in [0.25, 0.3) is 22.3 Å². The Balaban J connectivity index is 1.77. The molecule has 0 spiro atoms. The monoisotopic (exact) mass is 387 g/mol. The van der Waals surface area contributed by atoms with Crippen LogP contribution >= 0.6 is 11.6 Å². The van der Waals surface area contributed by atoms with Gasteiger partial charge in [0.25, 0.3) is 0 Å². The van der Waals surface area contributed by atoms with E-state index in [1.165, 1.54) is 0 Å². The lowest BCUT2D eigenvalue weighted by Gasteiger charge is -2.16. The second-order valence-corrected chi connectivity index (χ2v) is 7.54. The number of halogens is 1. The number of nitrogens with two attached hydrogens (primary N) is 1. The Hall–Kier alpha value is -2.38. The van der Waals surface area contributed by atoms with Crippen LogP contribution in [0.1, 0.15) is 30.7 Å². The predicted molar refractivity (Wildman–Crippen MR) is 106 cm³/mol. The number of hydrogen-bond acceptors (Lipinski definition) is 7. The third kappa shape index (κ3) is 3.44. The summed E-state index contributed by atoms with van der Waals surface area (Å²) in [5.74, 6) is 1.54. The first kappa shape index (κ1) is 18.0. The van der Waals surface area contributed by atoms with Crippen molar-refractivity contribution in [2.24, 2.45) is 5.92 Å². The van der Waals surface area contributed by atoms with Crippen LogP contribution in [0.3, 0.4) is 0 Å². The molecule has 1 aliphatic carbocycles. The summed E-state index contributed by atoms with van der Waals surface area (Å²) >= 11 is 6.42. The van der Waals surface area contributed by atoms with Crippen molar-refractivity contribution in [2.75, 3.05) is 17.7 Å². The summed E-state index contributed by atoms with van der Waals surface area (Å²) in [7, 11) is 0. The Morgan fingerprint density at radius 3 is 2.81 bits per heavy atom. The van der Waals surface area contributed by atoms with Gasteiger partial charge in [0.2, 0.25) is 5.95 Å². The van der Waals surface area contributed by atoms with E-state index in [1.807, 2.05) is 26.0 Å². The molecule has 2 unspecified atom stereocenters. The van der Waals surface area contributed by atoms with Gasteiger partial charge in [-0.05, 0) is 51.2 Å². The Bertz CT molecular complexity index is 1000. The van der Waals surface area contributed by atoms with Crippen molar-refractivity contribution in [1.29, 1.82) is 0 Å². The third-order valence-electron chi connectivity index (χ3n) is 5.07. The standard InChI is InChI=1S/C19H22ClN5O2/c1-9-5-12-7-14(27-16(12)10(2)22-9)15-17(20)24-19(21)25-18(15)23-13-4-3-11(6-13)8-26/h5,7,11,13,26H,3-4,6,8H2,1-2H3,(H3,21,23,24,25). The zero-order valence-electron chi connectivity index (χ0n) is 15.3. The highest BCUT2D eigenvalue weighted by atomic mass is 35.5. The minimum atomic E-state index is 0.104. The number of anilines is 2. The van der Waals surface area contributed by atoms with E-state index in [-0.39, 0.29) is 23.8 Å². The fraction of sp³-hybridized carbons (Fsp3) is 0.421. The molecule has 7 nitrogen and oxygen atoms in total. The van der Waals surface area contributed by atoms with E-state index in [4.69, 9.17) is 21.8 Å². The zero-order valence-corrected chi connectivity index (χ0v) is 16.0. The number of aliphatic hydroxyl groups excluding tert-OH is 1. The number of aromatic nitrogens is 3. The van der Waals surface area contributed by atoms with Crippen LogP contribution in [0, 0.1) is 19.8 Å². The van der Waals surface area contributed by atoms with Crippen molar-refractivity contribution < 1.29 is 9.52 Å². The third-order valence-corrected chi connectivity index (χ3v) is 5.34. The smallest absolute Gasteiger partial charge is 0.223 e. The molecule has 1 saturated carbocycles. The quantitative estimate of drug-likeness (QED) is 0.585. The molecule has 4 N–H and O–H groups in total. The zero-order chi connectivity index (χ0) is 19.1. The molecule has 0 aliphatic heterocycles. The molecule has 3 aromatic rings. The molecule has 0 aromatic carbocycles. The van der Waals surface area contributed by atoms with Gasteiger partial charge in [0.05, 0.1) is 11.3 Å². The largest absolute Gasteiger partial charge is 0.454 e. The van der Waals surface area contributed by atoms with E-state index < -0.39 is 0 Å². The van der Waals surface area contributed by atoms with Crippen LogP contribution in [0.15, 0.2) is 16.5 Å². The first-order chi connectivity index (χ1) is 12.9. The van der Waals surface area contributed by atoms with Gasteiger partial charge >= 0.3 is 0 Å². The maximum atomic E-state index is 9.38. The molecule has 0 amide bonds. The number of nitrogen functional groups attached to an aromatic ring is 1. The Kier molecular flexibility index (Phi) is 4.65. The summed E-state index contributed by atoms with van der Waals surface area (Å²) in [5, 5.41) is 14.0. The highest BCUT2D eigenvalue weighted by Gasteiger charge is 2.27. The average Bonchev–Trinajstić information content (AvgIpc) is 3.21. The van der Waals surface area contributed by atoms with Crippen LogP contribution in [0.5, 0.6) is 0 Å². The summed E-state index contributed by atoms with van der Waals surface area (Å²) < 4.78 is 6.06. The number of hydrogen-bond donors (Lipinski definition) is 3. The number of furan rings is 1. The van der Waals surface area contributed by atoms with E-state index in [9.17, 15) is 5.11 Å². The molecule has 27 heavy (non-hydrogen) atoms. The molecule has 142 valence electrons. The fourth-order valence-corrected chi connectivity index (χ4v) is 4.10. The molecular weight excluding hydrogens is 366 g/mol. The topological polar surface area (TPSA) is 110 Å². The molecule has 0 saturated heterocycles. The normalized spacial score (nSPS) is 19.7. The lowest BCUT2D eigenvalue weighted by Crippen LogP contribution is -2.18. The molecule has 3 heterocycles. The molecule has 4 rings (SSSR count). The maximum Gasteiger partial charge on any atom is 0.223 e. The van der Waals surface area contributed by atoms with Gasteiger partial charge in [-0.2, -0.15) is 4.98 Å². The van der Waals surface area contributed by atoms with Crippen LogP contribution in [0.4, 0.5) is 11.8 Å². The first-order valence-electron chi connectivity index (χ1n) is 9.03. The van der Waals surface area contributed by atoms with Gasteiger partial charge in [0.1, 0.15) is 16.7 Å². The minimum Gasteiger partial charge on any atom is -0.454 e. The Morgan fingerprint density at radius 1 is 1.26 bits per heavy atom. The van der Waals surface area contributed by atoms with E-state index in [0.29, 0.717) is 23.1 Å². The molecule has 0 bridgehead atoms. The van der Waals surface area contributed by atoms with Gasteiger partial charge in [0.15, 0.2) is 5.58 Å². The molecule has 0 radical (unpaired) electrons. The van der Waals surface area contributed by atoms with E-state index in [0.717, 1.165) is 41.6 Å². The number of rotatable bonds is 4. The minimum absolute atomic E-state index is 0.104. The molecule has 8 heteroatoms. The van der Waals surface area contributed by atoms with Crippen molar-refractivity contribution in [2.45, 2.75) is 39.2 Å². The number of aryl methyl sites for hydroxylation is 2. The van der Waals surface area contributed by atoms with E-state index in [2.05, 4.69) is 20.3 Å². The Morgan fingerprint density at radius 2 is 2.07 bits per heavy atom. The second kappa shape index (κ2) is 6.98. The van der Waals surface area contributed by atoms with Crippen molar-refractivity contribution in [3.63, 3.8) is 0 Å². The average molecular weight is 388 g/mol. The maximum absolute atomic E-state index is 9.38. The van der Waals surface area contributed by atoms with Gasteiger partial charge in [-0.15, -0.1) is 0 Å². The van der Waals surface area contributed by atoms with Crippen LogP contribution < -0.4 is 11.1 Å².